The molecule has 140 valence electrons. The standard InChI is InChI=1S/C18H21ClN2O4S/c1-12-6-5-7-15(10-12)21(26(4,23)24)13(2)18(22)20-14-8-9-17(25-3)16(19)11-14/h5-11,13H,1-4H3,(H,20,22)/t13-/m1/s1. The number of hydrogen-bond donors (Lipinski definition) is 1. The van der Waals surface area contributed by atoms with Gasteiger partial charge in [-0.05, 0) is 49.7 Å². The highest BCUT2D eigenvalue weighted by atomic mass is 35.5. The van der Waals surface area contributed by atoms with Crippen molar-refractivity contribution < 1.29 is 17.9 Å². The van der Waals surface area contributed by atoms with Crippen LogP contribution in [-0.4, -0.2) is 33.7 Å². The van der Waals surface area contributed by atoms with E-state index in [1.165, 1.54) is 14.0 Å². The van der Waals surface area contributed by atoms with Crippen LogP contribution in [0.1, 0.15) is 12.5 Å². The zero-order valence-electron chi connectivity index (χ0n) is 15.0. The molecule has 26 heavy (non-hydrogen) atoms. The molecule has 0 spiro atoms. The maximum Gasteiger partial charge on any atom is 0.247 e. The largest absolute Gasteiger partial charge is 0.495 e. The normalized spacial score (nSPS) is 12.3. The fourth-order valence-corrected chi connectivity index (χ4v) is 3.99. The van der Waals surface area contributed by atoms with Gasteiger partial charge in [-0.3, -0.25) is 9.10 Å². The molecule has 0 saturated carbocycles. The third kappa shape index (κ3) is 4.68. The number of ether oxygens (including phenoxy) is 1. The van der Waals surface area contributed by atoms with Gasteiger partial charge in [0.25, 0.3) is 0 Å². The Morgan fingerprint density at radius 3 is 2.46 bits per heavy atom. The van der Waals surface area contributed by atoms with Crippen LogP contribution in [0.3, 0.4) is 0 Å². The second-order valence-electron chi connectivity index (χ2n) is 5.91. The summed E-state index contributed by atoms with van der Waals surface area (Å²) in [6.45, 7) is 3.39. The molecule has 0 radical (unpaired) electrons. The van der Waals surface area contributed by atoms with Gasteiger partial charge in [-0.15, -0.1) is 0 Å². The average molecular weight is 397 g/mol. The van der Waals surface area contributed by atoms with Gasteiger partial charge in [0, 0.05) is 5.69 Å². The van der Waals surface area contributed by atoms with Crippen molar-refractivity contribution in [3.8, 4) is 5.75 Å². The van der Waals surface area contributed by atoms with Crippen LogP contribution in [0.4, 0.5) is 11.4 Å². The van der Waals surface area contributed by atoms with Crippen LogP contribution in [0.15, 0.2) is 42.5 Å². The summed E-state index contributed by atoms with van der Waals surface area (Å²) in [7, 11) is -2.17. The van der Waals surface area contributed by atoms with Crippen molar-refractivity contribution in [1.82, 2.24) is 0 Å². The molecule has 1 amide bonds. The Balaban J connectivity index is 2.29. The van der Waals surface area contributed by atoms with Gasteiger partial charge in [-0.2, -0.15) is 0 Å². The Bertz CT molecular complexity index is 915. The van der Waals surface area contributed by atoms with E-state index in [-0.39, 0.29) is 0 Å². The Morgan fingerprint density at radius 2 is 1.92 bits per heavy atom. The molecule has 0 fully saturated rings. The van der Waals surface area contributed by atoms with Crippen molar-refractivity contribution in [1.29, 1.82) is 0 Å². The Labute approximate surface area is 158 Å². The van der Waals surface area contributed by atoms with E-state index >= 15 is 0 Å². The number of aryl methyl sites for hydroxylation is 1. The number of rotatable bonds is 6. The first kappa shape index (κ1) is 20.1. The summed E-state index contributed by atoms with van der Waals surface area (Å²) in [6, 6.07) is 10.8. The molecule has 2 aromatic rings. The van der Waals surface area contributed by atoms with Crippen molar-refractivity contribution in [3.63, 3.8) is 0 Å². The van der Waals surface area contributed by atoms with Gasteiger partial charge in [0.2, 0.25) is 15.9 Å². The van der Waals surface area contributed by atoms with Crippen LogP contribution >= 0.6 is 11.6 Å². The van der Waals surface area contributed by atoms with E-state index in [9.17, 15) is 13.2 Å². The molecule has 2 rings (SSSR count). The summed E-state index contributed by atoms with van der Waals surface area (Å²) >= 11 is 6.06. The number of hydrogen-bond acceptors (Lipinski definition) is 4. The first-order valence-electron chi connectivity index (χ1n) is 7.84. The van der Waals surface area contributed by atoms with E-state index < -0.39 is 22.0 Å². The Kier molecular flexibility index (Phi) is 6.15. The van der Waals surface area contributed by atoms with Crippen molar-refractivity contribution in [2.45, 2.75) is 19.9 Å². The molecular formula is C18H21ClN2O4S. The molecule has 6 nitrogen and oxygen atoms in total. The molecule has 1 N–H and O–H groups in total. The van der Waals surface area contributed by atoms with E-state index in [2.05, 4.69) is 5.32 Å². The summed E-state index contributed by atoms with van der Waals surface area (Å²) in [5.41, 5.74) is 1.78. The zero-order chi connectivity index (χ0) is 19.5. The zero-order valence-corrected chi connectivity index (χ0v) is 16.6. The van der Waals surface area contributed by atoms with E-state index in [0.29, 0.717) is 22.1 Å². The van der Waals surface area contributed by atoms with Gasteiger partial charge in [0.1, 0.15) is 11.8 Å². The summed E-state index contributed by atoms with van der Waals surface area (Å²) in [4.78, 5) is 12.6. The molecule has 8 heteroatoms. The number of amides is 1. The maximum atomic E-state index is 12.6. The summed E-state index contributed by atoms with van der Waals surface area (Å²) < 4.78 is 30.7. The predicted molar refractivity (Wildman–Crippen MR) is 105 cm³/mol. The minimum absolute atomic E-state index is 0.344. The lowest BCUT2D eigenvalue weighted by Crippen LogP contribution is -2.45. The highest BCUT2D eigenvalue weighted by molar-refractivity contribution is 7.92. The lowest BCUT2D eigenvalue weighted by Gasteiger charge is -2.28. The lowest BCUT2D eigenvalue weighted by molar-refractivity contribution is -0.116. The number of benzene rings is 2. The van der Waals surface area contributed by atoms with E-state index in [0.717, 1.165) is 16.1 Å². The van der Waals surface area contributed by atoms with Crippen LogP contribution < -0.4 is 14.4 Å². The molecule has 0 saturated heterocycles. The number of nitrogens with zero attached hydrogens (tertiary/aromatic N) is 1. The number of halogens is 1. The van der Waals surface area contributed by atoms with Crippen LogP contribution in [0.25, 0.3) is 0 Å². The number of carbonyl (C=O) groups excluding carboxylic acids is 1. The minimum Gasteiger partial charge on any atom is -0.495 e. The fraction of sp³-hybridized carbons (Fsp3) is 0.278. The minimum atomic E-state index is -3.66. The number of carbonyl (C=O) groups is 1. The highest BCUT2D eigenvalue weighted by Crippen LogP contribution is 2.28. The first-order valence-corrected chi connectivity index (χ1v) is 10.1. The van der Waals surface area contributed by atoms with E-state index in [1.807, 2.05) is 13.0 Å². The second-order valence-corrected chi connectivity index (χ2v) is 8.18. The van der Waals surface area contributed by atoms with Gasteiger partial charge in [-0.25, -0.2) is 8.42 Å². The highest BCUT2D eigenvalue weighted by Gasteiger charge is 2.29. The second kappa shape index (κ2) is 7.97. The molecular weight excluding hydrogens is 376 g/mol. The van der Waals surface area contributed by atoms with Gasteiger partial charge in [0.15, 0.2) is 0 Å². The van der Waals surface area contributed by atoms with Gasteiger partial charge >= 0.3 is 0 Å². The van der Waals surface area contributed by atoms with Crippen LogP contribution in [0.5, 0.6) is 5.75 Å². The Morgan fingerprint density at radius 1 is 1.23 bits per heavy atom. The van der Waals surface area contributed by atoms with E-state index in [4.69, 9.17) is 16.3 Å². The molecule has 0 heterocycles. The first-order chi connectivity index (χ1) is 12.1. The van der Waals surface area contributed by atoms with E-state index in [1.54, 1.807) is 36.4 Å². The SMILES string of the molecule is COc1ccc(NC(=O)[C@@H](C)N(c2cccc(C)c2)S(C)(=O)=O)cc1Cl. The number of nitrogens with one attached hydrogen (secondary N) is 1. The third-order valence-corrected chi connectivity index (χ3v) is 5.30. The number of anilines is 2. The molecule has 0 aliphatic carbocycles. The molecule has 0 aliphatic rings. The summed E-state index contributed by atoms with van der Waals surface area (Å²) in [5.74, 6) is 0.00778. The van der Waals surface area contributed by atoms with Gasteiger partial charge < -0.3 is 10.1 Å². The van der Waals surface area contributed by atoms with Crippen LogP contribution in [0.2, 0.25) is 5.02 Å². The van der Waals surface area contributed by atoms with Crippen molar-refractivity contribution >= 4 is 38.9 Å². The molecule has 0 bridgehead atoms. The smallest absolute Gasteiger partial charge is 0.247 e. The quantitative estimate of drug-likeness (QED) is 0.811. The van der Waals surface area contributed by atoms with Crippen LogP contribution in [0, 0.1) is 6.92 Å². The lowest BCUT2D eigenvalue weighted by atomic mass is 10.2. The van der Waals surface area contributed by atoms with Crippen molar-refractivity contribution in [3.05, 3.63) is 53.1 Å². The summed E-state index contributed by atoms with van der Waals surface area (Å²) in [5, 5.41) is 3.03. The van der Waals surface area contributed by atoms with Crippen molar-refractivity contribution in [2.75, 3.05) is 23.0 Å². The van der Waals surface area contributed by atoms with Gasteiger partial charge in [-0.1, -0.05) is 23.7 Å². The fourth-order valence-electron chi connectivity index (χ4n) is 2.56. The molecule has 0 unspecified atom stereocenters. The molecule has 0 aliphatic heterocycles. The molecule has 2 aromatic carbocycles. The Hall–Kier alpha value is -2.25. The van der Waals surface area contributed by atoms with Crippen molar-refractivity contribution in [2.24, 2.45) is 0 Å². The van der Waals surface area contributed by atoms with Gasteiger partial charge in [0.05, 0.1) is 24.1 Å². The maximum absolute atomic E-state index is 12.6. The topological polar surface area (TPSA) is 75.7 Å². The third-order valence-electron chi connectivity index (χ3n) is 3.76. The monoisotopic (exact) mass is 396 g/mol. The number of methoxy groups -OCH3 is 1. The summed E-state index contributed by atoms with van der Waals surface area (Å²) in [6.07, 6.45) is 1.07. The number of sulfonamides is 1. The average Bonchev–Trinajstić information content (AvgIpc) is 2.54. The molecule has 1 atom stereocenters. The predicted octanol–water partition coefficient (Wildman–Crippen LogP) is 3.45. The molecule has 0 aromatic heterocycles. The van der Waals surface area contributed by atoms with Crippen LogP contribution in [-0.2, 0) is 14.8 Å².